The Bertz CT molecular complexity index is 1070. The first-order valence-corrected chi connectivity index (χ1v) is 12.6. The number of benzene rings is 1. The summed E-state index contributed by atoms with van der Waals surface area (Å²) in [7, 11) is 0. The molecule has 0 N–H and O–H groups in total. The van der Waals surface area contributed by atoms with E-state index in [1.807, 2.05) is 12.1 Å². The van der Waals surface area contributed by atoms with Crippen LogP contribution < -0.4 is 4.90 Å². The molecule has 1 aromatic heterocycles. The van der Waals surface area contributed by atoms with Crippen molar-refractivity contribution in [2.45, 2.75) is 75.7 Å². The van der Waals surface area contributed by atoms with Crippen LogP contribution in [0.15, 0.2) is 29.8 Å². The fourth-order valence-electron chi connectivity index (χ4n) is 4.50. The largest absolute Gasteiger partial charge is 0.370 e. The lowest BCUT2D eigenvalue weighted by molar-refractivity contribution is 0.131. The Morgan fingerprint density at radius 3 is 2.03 bits per heavy atom. The maximum atomic E-state index is 9.10. The molecule has 4 heteroatoms. The van der Waals surface area contributed by atoms with Crippen LogP contribution in [0.3, 0.4) is 0 Å². The number of thiophene rings is 1. The van der Waals surface area contributed by atoms with Crippen LogP contribution in [-0.2, 0) is 0 Å². The Morgan fingerprint density at radius 1 is 0.909 bits per heavy atom. The van der Waals surface area contributed by atoms with Crippen molar-refractivity contribution in [1.82, 2.24) is 0 Å². The van der Waals surface area contributed by atoms with Crippen LogP contribution in [0, 0.1) is 44.3 Å². The highest BCUT2D eigenvalue weighted by molar-refractivity contribution is 7.19. The van der Waals surface area contributed by atoms with E-state index in [-0.39, 0.29) is 27.2 Å². The normalized spacial score (nSPS) is 12.8. The smallest absolute Gasteiger partial charge is 0.131 e. The second-order valence-corrected chi connectivity index (χ2v) is 14.2. The third kappa shape index (κ3) is 7.35. The number of fused-ring (bicyclic) bond motifs is 1. The first-order chi connectivity index (χ1) is 15.0. The molecule has 0 atom stereocenters. The Kier molecular flexibility index (Phi) is 7.77. The summed E-state index contributed by atoms with van der Waals surface area (Å²) >= 11 is 1.63. The number of nitrogens with zero attached hydrogens (tertiary/aromatic N) is 3. The molecule has 1 heterocycles. The molecule has 0 radical (unpaired) electrons. The quantitative estimate of drug-likeness (QED) is 0.386. The summed E-state index contributed by atoms with van der Waals surface area (Å²) in [5.74, 6) is 0. The number of allylic oxidation sites excluding steroid dienone is 1. The van der Waals surface area contributed by atoms with Crippen molar-refractivity contribution in [3.05, 3.63) is 34.7 Å². The van der Waals surface area contributed by atoms with E-state index in [9.17, 15) is 0 Å². The van der Waals surface area contributed by atoms with Gasteiger partial charge in [-0.2, -0.15) is 10.5 Å². The van der Waals surface area contributed by atoms with Crippen LogP contribution in [0.25, 0.3) is 16.2 Å². The highest BCUT2D eigenvalue weighted by Crippen LogP contribution is 2.42. The first kappa shape index (κ1) is 26.9. The molecule has 0 bridgehead atoms. The van der Waals surface area contributed by atoms with E-state index >= 15 is 0 Å². The molecular weight excluding hydrogens is 422 g/mol. The number of hydrogen-bond donors (Lipinski definition) is 0. The minimum atomic E-state index is 0.123. The van der Waals surface area contributed by atoms with Crippen molar-refractivity contribution < 1.29 is 0 Å². The maximum absolute atomic E-state index is 9.10. The number of rotatable bonds is 7. The molecule has 0 saturated carbocycles. The monoisotopic (exact) mass is 463 g/mol. The summed E-state index contributed by atoms with van der Waals surface area (Å²) in [4.78, 5) is 3.51. The van der Waals surface area contributed by atoms with Gasteiger partial charge in [0.05, 0.1) is 0 Å². The van der Waals surface area contributed by atoms with Gasteiger partial charge in [0, 0.05) is 28.4 Å². The van der Waals surface area contributed by atoms with Gasteiger partial charge in [0.2, 0.25) is 0 Å². The minimum absolute atomic E-state index is 0.123. The van der Waals surface area contributed by atoms with E-state index < -0.39 is 0 Å². The molecule has 2 aromatic rings. The van der Waals surface area contributed by atoms with Crippen LogP contribution >= 0.6 is 11.3 Å². The fraction of sp³-hybridized carbons (Fsp3) is 0.586. The highest BCUT2D eigenvalue weighted by Gasteiger charge is 2.36. The highest BCUT2D eigenvalue weighted by atomic mass is 32.1. The molecule has 178 valence electrons. The summed E-state index contributed by atoms with van der Waals surface area (Å²) in [6.45, 7) is 25.4. The Balaban J connectivity index is 2.50. The van der Waals surface area contributed by atoms with E-state index in [4.69, 9.17) is 10.5 Å². The maximum Gasteiger partial charge on any atom is 0.131 e. The van der Waals surface area contributed by atoms with Gasteiger partial charge in [-0.05, 0) is 57.7 Å². The molecule has 0 saturated heterocycles. The van der Waals surface area contributed by atoms with Crippen LogP contribution in [0.2, 0.25) is 0 Å². The third-order valence-corrected chi connectivity index (χ3v) is 7.70. The van der Waals surface area contributed by atoms with Gasteiger partial charge in [0.25, 0.3) is 0 Å². The molecular formula is C29H41N3S. The van der Waals surface area contributed by atoms with E-state index in [1.54, 1.807) is 17.4 Å². The Morgan fingerprint density at radius 2 is 1.52 bits per heavy atom. The molecule has 0 unspecified atom stereocenters. The summed E-state index contributed by atoms with van der Waals surface area (Å²) in [5.41, 5.74) is 2.11. The van der Waals surface area contributed by atoms with Gasteiger partial charge in [-0.3, -0.25) is 0 Å². The van der Waals surface area contributed by atoms with Gasteiger partial charge in [0.15, 0.2) is 0 Å². The lowest BCUT2D eigenvalue weighted by Crippen LogP contribution is -2.46. The molecule has 0 spiro atoms. The predicted molar refractivity (Wildman–Crippen MR) is 144 cm³/mol. The Labute approximate surface area is 205 Å². The molecule has 0 aliphatic rings. The minimum Gasteiger partial charge on any atom is -0.370 e. The molecule has 0 amide bonds. The van der Waals surface area contributed by atoms with Gasteiger partial charge < -0.3 is 4.90 Å². The summed E-state index contributed by atoms with van der Waals surface area (Å²) < 4.78 is 1.18. The molecule has 0 aliphatic heterocycles. The molecule has 33 heavy (non-hydrogen) atoms. The van der Waals surface area contributed by atoms with Gasteiger partial charge in [-0.25, -0.2) is 0 Å². The van der Waals surface area contributed by atoms with Crippen molar-refractivity contribution in [2.24, 2.45) is 21.7 Å². The zero-order chi connectivity index (χ0) is 25.2. The van der Waals surface area contributed by atoms with E-state index in [0.717, 1.165) is 29.8 Å². The van der Waals surface area contributed by atoms with Crippen molar-refractivity contribution >= 4 is 33.2 Å². The SMILES string of the molecule is CC(C)(C)CC(C)(C)CN(CC(C)(C)C(C)(C)C)c1ccc2cc(C=C(C#N)C#N)sc2c1. The predicted octanol–water partition coefficient (Wildman–Crippen LogP) is 8.67. The average Bonchev–Trinajstić information content (AvgIpc) is 3.03. The summed E-state index contributed by atoms with van der Waals surface area (Å²) in [6, 6.07) is 12.7. The van der Waals surface area contributed by atoms with Crippen molar-refractivity contribution in [3.63, 3.8) is 0 Å². The van der Waals surface area contributed by atoms with Crippen LogP contribution in [0.5, 0.6) is 0 Å². The molecule has 0 fully saturated rings. The van der Waals surface area contributed by atoms with Crippen LogP contribution in [0.4, 0.5) is 5.69 Å². The van der Waals surface area contributed by atoms with Crippen molar-refractivity contribution in [2.75, 3.05) is 18.0 Å². The average molecular weight is 464 g/mol. The number of nitriles is 2. The van der Waals surface area contributed by atoms with Crippen LogP contribution in [0.1, 0.15) is 80.5 Å². The third-order valence-electron chi connectivity index (χ3n) is 6.66. The van der Waals surface area contributed by atoms with Crippen molar-refractivity contribution in [1.29, 1.82) is 10.5 Å². The summed E-state index contributed by atoms with van der Waals surface area (Å²) in [5, 5.41) is 19.3. The van der Waals surface area contributed by atoms with Gasteiger partial charge in [-0.1, -0.05) is 75.3 Å². The van der Waals surface area contributed by atoms with Gasteiger partial charge >= 0.3 is 0 Å². The standard InChI is InChI=1S/C29H41N3S/c1-26(2,3)18-28(7,8)19-32(20-29(9,10)27(4,5)6)23-12-11-22-14-24(33-25(22)15-23)13-21(16-30)17-31/h11-15H,18-20H2,1-10H3. The van der Waals surface area contributed by atoms with Gasteiger partial charge in [-0.15, -0.1) is 11.3 Å². The zero-order valence-corrected chi connectivity index (χ0v) is 23.1. The van der Waals surface area contributed by atoms with Gasteiger partial charge in [0.1, 0.15) is 17.7 Å². The number of anilines is 1. The lowest BCUT2D eigenvalue weighted by atomic mass is 9.68. The fourth-order valence-corrected chi connectivity index (χ4v) is 5.54. The van der Waals surface area contributed by atoms with E-state index in [0.29, 0.717) is 0 Å². The topological polar surface area (TPSA) is 50.8 Å². The van der Waals surface area contributed by atoms with E-state index in [1.165, 1.54) is 10.4 Å². The second-order valence-electron chi connectivity index (χ2n) is 13.0. The van der Waals surface area contributed by atoms with Crippen LogP contribution in [-0.4, -0.2) is 13.1 Å². The molecule has 1 aromatic carbocycles. The zero-order valence-electron chi connectivity index (χ0n) is 22.3. The second kappa shape index (κ2) is 9.52. The summed E-state index contributed by atoms with van der Waals surface area (Å²) in [6.07, 6.45) is 2.82. The molecule has 3 nitrogen and oxygen atoms in total. The lowest BCUT2D eigenvalue weighted by Gasteiger charge is -2.46. The first-order valence-electron chi connectivity index (χ1n) is 11.8. The van der Waals surface area contributed by atoms with Crippen molar-refractivity contribution in [3.8, 4) is 12.1 Å². The van der Waals surface area contributed by atoms with E-state index in [2.05, 4.69) is 98.4 Å². The molecule has 2 rings (SSSR count). The molecule has 0 aliphatic carbocycles. The number of hydrogen-bond acceptors (Lipinski definition) is 4. The Hall–Kier alpha value is -2.30.